The molecular formula is C10H15N3O3S. The maximum atomic E-state index is 11.7. The monoisotopic (exact) mass is 257 g/mol. The summed E-state index contributed by atoms with van der Waals surface area (Å²) >= 11 is 1.23. The zero-order valence-corrected chi connectivity index (χ0v) is 10.5. The normalized spacial score (nSPS) is 16.6. The van der Waals surface area contributed by atoms with Gasteiger partial charge in [-0.2, -0.15) is 4.37 Å². The minimum atomic E-state index is -0.434. The SMILES string of the molecule is COC(=O)c1c(N)nsc1N1CCCOCC1. The van der Waals surface area contributed by atoms with Crippen LogP contribution in [0.25, 0.3) is 0 Å². The topological polar surface area (TPSA) is 77.7 Å². The summed E-state index contributed by atoms with van der Waals surface area (Å²) in [4.78, 5) is 13.7. The highest BCUT2D eigenvalue weighted by Gasteiger charge is 2.24. The summed E-state index contributed by atoms with van der Waals surface area (Å²) in [5.41, 5.74) is 6.08. The lowest BCUT2D eigenvalue weighted by Gasteiger charge is -2.20. The van der Waals surface area contributed by atoms with E-state index in [1.165, 1.54) is 18.6 Å². The molecule has 0 radical (unpaired) electrons. The number of hydrogen-bond acceptors (Lipinski definition) is 7. The number of aromatic nitrogens is 1. The number of anilines is 2. The molecule has 1 fully saturated rings. The van der Waals surface area contributed by atoms with Crippen molar-refractivity contribution in [1.29, 1.82) is 0 Å². The molecule has 1 aromatic rings. The van der Waals surface area contributed by atoms with Crippen molar-refractivity contribution in [1.82, 2.24) is 4.37 Å². The average molecular weight is 257 g/mol. The van der Waals surface area contributed by atoms with Gasteiger partial charge >= 0.3 is 5.97 Å². The molecule has 0 aromatic carbocycles. The number of ether oxygens (including phenoxy) is 2. The minimum Gasteiger partial charge on any atom is -0.465 e. The molecule has 1 aliphatic rings. The van der Waals surface area contributed by atoms with Crippen molar-refractivity contribution >= 4 is 28.3 Å². The standard InChI is InChI=1S/C10H15N3O3S/c1-15-10(14)7-8(11)12-17-9(7)13-3-2-5-16-6-4-13/h2-6H2,1H3,(H2,11,12). The zero-order chi connectivity index (χ0) is 12.3. The van der Waals surface area contributed by atoms with E-state index in [2.05, 4.69) is 9.27 Å². The van der Waals surface area contributed by atoms with Crippen LogP contribution in [0.5, 0.6) is 0 Å². The van der Waals surface area contributed by atoms with Crippen LogP contribution in [0.1, 0.15) is 16.8 Å². The highest BCUT2D eigenvalue weighted by atomic mass is 32.1. The van der Waals surface area contributed by atoms with Crippen LogP contribution in [0.4, 0.5) is 10.8 Å². The number of hydrogen-bond donors (Lipinski definition) is 1. The van der Waals surface area contributed by atoms with Gasteiger partial charge in [0.2, 0.25) is 0 Å². The second-order valence-electron chi connectivity index (χ2n) is 3.69. The van der Waals surface area contributed by atoms with Gasteiger partial charge in [-0.1, -0.05) is 0 Å². The number of carbonyl (C=O) groups is 1. The highest BCUT2D eigenvalue weighted by Crippen LogP contribution is 2.31. The molecule has 0 saturated carbocycles. The van der Waals surface area contributed by atoms with Crippen LogP contribution in [0.3, 0.4) is 0 Å². The van der Waals surface area contributed by atoms with Crippen LogP contribution in [0.2, 0.25) is 0 Å². The Morgan fingerprint density at radius 3 is 3.12 bits per heavy atom. The molecule has 0 aliphatic carbocycles. The van der Waals surface area contributed by atoms with Gasteiger partial charge in [0.05, 0.1) is 13.7 Å². The van der Waals surface area contributed by atoms with Crippen molar-refractivity contribution in [3.63, 3.8) is 0 Å². The predicted octanol–water partition coefficient (Wildman–Crippen LogP) is 0.739. The second kappa shape index (κ2) is 5.33. The number of rotatable bonds is 2. The lowest BCUT2D eigenvalue weighted by Crippen LogP contribution is -2.26. The van der Waals surface area contributed by atoms with Gasteiger partial charge in [-0.25, -0.2) is 4.79 Å². The summed E-state index contributed by atoms with van der Waals surface area (Å²) in [5, 5.41) is 0.778. The van der Waals surface area contributed by atoms with E-state index in [-0.39, 0.29) is 5.82 Å². The zero-order valence-electron chi connectivity index (χ0n) is 9.64. The number of esters is 1. The summed E-state index contributed by atoms with van der Waals surface area (Å²) in [7, 11) is 1.34. The lowest BCUT2D eigenvalue weighted by atomic mass is 10.3. The first-order valence-electron chi connectivity index (χ1n) is 5.40. The first kappa shape index (κ1) is 12.1. The van der Waals surface area contributed by atoms with Crippen molar-refractivity contribution < 1.29 is 14.3 Å². The van der Waals surface area contributed by atoms with Crippen molar-refractivity contribution in [2.24, 2.45) is 0 Å². The van der Waals surface area contributed by atoms with Gasteiger partial charge in [0.1, 0.15) is 10.6 Å². The first-order chi connectivity index (χ1) is 8.24. The average Bonchev–Trinajstić information content (AvgIpc) is 2.57. The van der Waals surface area contributed by atoms with Crippen molar-refractivity contribution in [3.8, 4) is 0 Å². The fourth-order valence-corrected chi connectivity index (χ4v) is 2.61. The molecule has 1 saturated heterocycles. The molecule has 94 valence electrons. The van der Waals surface area contributed by atoms with Gasteiger partial charge < -0.3 is 20.1 Å². The number of carbonyl (C=O) groups excluding carboxylic acids is 1. The number of methoxy groups -OCH3 is 1. The molecule has 1 aliphatic heterocycles. The molecule has 0 unspecified atom stereocenters. The van der Waals surface area contributed by atoms with Crippen LogP contribution < -0.4 is 10.6 Å². The van der Waals surface area contributed by atoms with Crippen molar-refractivity contribution in [2.45, 2.75) is 6.42 Å². The van der Waals surface area contributed by atoms with Gasteiger partial charge in [-0.15, -0.1) is 0 Å². The van der Waals surface area contributed by atoms with Crippen LogP contribution in [0, 0.1) is 0 Å². The molecule has 2 heterocycles. The van der Waals surface area contributed by atoms with E-state index in [9.17, 15) is 4.79 Å². The van der Waals surface area contributed by atoms with Gasteiger partial charge in [-0.05, 0) is 18.0 Å². The number of nitrogens with two attached hydrogens (primary N) is 1. The molecule has 0 bridgehead atoms. The smallest absolute Gasteiger partial charge is 0.344 e. The number of nitrogen functional groups attached to an aromatic ring is 1. The summed E-state index contributed by atoms with van der Waals surface area (Å²) in [6.45, 7) is 2.98. The van der Waals surface area contributed by atoms with Crippen molar-refractivity contribution in [2.75, 3.05) is 44.0 Å². The third kappa shape index (κ3) is 2.50. The Morgan fingerprint density at radius 1 is 1.53 bits per heavy atom. The molecule has 17 heavy (non-hydrogen) atoms. The molecular weight excluding hydrogens is 242 g/mol. The molecule has 6 nitrogen and oxygen atoms in total. The summed E-state index contributed by atoms with van der Waals surface area (Å²) in [6.07, 6.45) is 0.929. The third-order valence-corrected chi connectivity index (χ3v) is 3.52. The lowest BCUT2D eigenvalue weighted by molar-refractivity contribution is 0.0603. The molecule has 2 N–H and O–H groups in total. The fraction of sp³-hybridized carbons (Fsp3) is 0.600. The van der Waals surface area contributed by atoms with Crippen LogP contribution in [0.15, 0.2) is 0 Å². The van der Waals surface area contributed by atoms with Gasteiger partial charge in [0.15, 0.2) is 5.82 Å². The van der Waals surface area contributed by atoms with E-state index >= 15 is 0 Å². The molecule has 1 aromatic heterocycles. The summed E-state index contributed by atoms with van der Waals surface area (Å²) in [6, 6.07) is 0. The van der Waals surface area contributed by atoms with Gasteiger partial charge in [0, 0.05) is 19.7 Å². The van der Waals surface area contributed by atoms with Crippen LogP contribution in [-0.4, -0.2) is 43.8 Å². The van der Waals surface area contributed by atoms with E-state index in [4.69, 9.17) is 15.2 Å². The van der Waals surface area contributed by atoms with Crippen LogP contribution in [-0.2, 0) is 9.47 Å². The Kier molecular flexibility index (Phi) is 3.80. The van der Waals surface area contributed by atoms with E-state index < -0.39 is 5.97 Å². The summed E-state index contributed by atoms with van der Waals surface area (Å²) < 4.78 is 14.1. The Morgan fingerprint density at radius 2 is 2.35 bits per heavy atom. The molecule has 7 heteroatoms. The fourth-order valence-electron chi connectivity index (χ4n) is 1.75. The molecule has 0 amide bonds. The van der Waals surface area contributed by atoms with Gasteiger partial charge in [0.25, 0.3) is 0 Å². The molecule has 2 rings (SSSR count). The largest absolute Gasteiger partial charge is 0.465 e. The Hall–Kier alpha value is -1.34. The van der Waals surface area contributed by atoms with E-state index in [0.717, 1.165) is 31.1 Å². The third-order valence-electron chi connectivity index (χ3n) is 2.60. The van der Waals surface area contributed by atoms with Crippen molar-refractivity contribution in [3.05, 3.63) is 5.56 Å². The number of nitrogens with zero attached hydrogens (tertiary/aromatic N) is 2. The predicted molar refractivity (Wildman–Crippen MR) is 65.5 cm³/mol. The quantitative estimate of drug-likeness (QED) is 0.787. The Labute approximate surface area is 103 Å². The second-order valence-corrected chi connectivity index (χ2v) is 4.44. The highest BCUT2D eigenvalue weighted by molar-refractivity contribution is 7.11. The van der Waals surface area contributed by atoms with Crippen LogP contribution >= 0.6 is 11.5 Å². The maximum Gasteiger partial charge on any atom is 0.344 e. The molecule has 0 atom stereocenters. The summed E-state index contributed by atoms with van der Waals surface area (Å²) in [5.74, 6) is -0.196. The van der Waals surface area contributed by atoms with Gasteiger partial charge in [-0.3, -0.25) is 0 Å². The molecule has 0 spiro atoms. The van der Waals surface area contributed by atoms with E-state index in [1.807, 2.05) is 0 Å². The Balaban J connectivity index is 2.27. The maximum absolute atomic E-state index is 11.7. The first-order valence-corrected chi connectivity index (χ1v) is 6.17. The van der Waals surface area contributed by atoms with E-state index in [1.54, 1.807) is 0 Å². The Bertz CT molecular complexity index is 400. The minimum absolute atomic E-state index is 0.238. The van der Waals surface area contributed by atoms with E-state index in [0.29, 0.717) is 12.2 Å².